The van der Waals surface area contributed by atoms with Gasteiger partial charge in [0, 0.05) is 44.3 Å². The highest BCUT2D eigenvalue weighted by atomic mass is 16.5. The molecule has 196 valence electrons. The van der Waals surface area contributed by atoms with Crippen molar-refractivity contribution in [2.24, 2.45) is 0 Å². The van der Waals surface area contributed by atoms with Gasteiger partial charge in [0.15, 0.2) is 0 Å². The zero-order valence-electron chi connectivity index (χ0n) is 21.4. The fourth-order valence-electron chi connectivity index (χ4n) is 4.59. The molecule has 3 N–H and O–H groups in total. The van der Waals surface area contributed by atoms with Crippen molar-refractivity contribution in [2.45, 2.75) is 70.3 Å². The smallest absolute Gasteiger partial charge is 0.326 e. The van der Waals surface area contributed by atoms with Crippen LogP contribution in [0.4, 0.5) is 11.8 Å². The Kier molecular flexibility index (Phi) is 9.86. The van der Waals surface area contributed by atoms with E-state index < -0.39 is 12.0 Å². The summed E-state index contributed by atoms with van der Waals surface area (Å²) in [4.78, 5) is 27.7. The first-order valence-corrected chi connectivity index (χ1v) is 13.5. The Labute approximate surface area is 214 Å². The number of unbranched alkanes of at least 4 members (excludes halogenated alkanes) is 1. The summed E-state index contributed by atoms with van der Waals surface area (Å²) in [5, 5.41) is 16.2. The number of hydrogen-bond donors (Lipinski definition) is 3. The molecule has 2 aromatic rings. The lowest BCUT2D eigenvalue weighted by Crippen LogP contribution is -2.37. The molecule has 4 rings (SSSR count). The van der Waals surface area contributed by atoms with Gasteiger partial charge in [0.2, 0.25) is 5.95 Å². The number of nitrogens with zero attached hydrogens (tertiary/aromatic N) is 4. The first kappa shape index (κ1) is 26.3. The van der Waals surface area contributed by atoms with Gasteiger partial charge >= 0.3 is 5.97 Å². The molecule has 36 heavy (non-hydrogen) atoms. The fraction of sp³-hybridized carbons (Fsp3) is 0.630. The second kappa shape index (κ2) is 13.5. The first-order chi connectivity index (χ1) is 17.6. The molecule has 2 aromatic heterocycles. The van der Waals surface area contributed by atoms with E-state index in [9.17, 15) is 9.90 Å². The van der Waals surface area contributed by atoms with E-state index >= 15 is 0 Å². The average molecular weight is 497 g/mol. The Morgan fingerprint density at radius 2 is 2.06 bits per heavy atom. The minimum absolute atomic E-state index is 0.375. The van der Waals surface area contributed by atoms with Gasteiger partial charge in [0.1, 0.15) is 11.9 Å². The van der Waals surface area contributed by atoms with E-state index in [2.05, 4.69) is 37.6 Å². The summed E-state index contributed by atoms with van der Waals surface area (Å²) in [5.74, 6) is 1.12. The van der Waals surface area contributed by atoms with Crippen molar-refractivity contribution in [3.63, 3.8) is 0 Å². The van der Waals surface area contributed by atoms with Crippen molar-refractivity contribution in [3.05, 3.63) is 41.3 Å². The van der Waals surface area contributed by atoms with Gasteiger partial charge in [0.25, 0.3) is 0 Å². The number of fused-ring (bicyclic) bond motifs is 1. The first-order valence-electron chi connectivity index (χ1n) is 13.5. The quantitative estimate of drug-likeness (QED) is 0.299. The van der Waals surface area contributed by atoms with E-state index in [1.165, 1.54) is 24.8 Å². The Bertz CT molecular complexity index is 966. The number of aromatic nitrogens is 3. The highest BCUT2D eigenvalue weighted by Crippen LogP contribution is 2.39. The second-order valence-corrected chi connectivity index (χ2v) is 9.77. The third kappa shape index (κ3) is 8.13. The number of pyridine rings is 1. The number of carboxylic acids is 1. The maximum absolute atomic E-state index is 11.9. The topological polar surface area (TPSA) is 113 Å². The molecule has 2 aliphatic rings. The number of ether oxygens (including phenoxy) is 1. The van der Waals surface area contributed by atoms with Crippen molar-refractivity contribution < 1.29 is 14.6 Å². The van der Waals surface area contributed by atoms with Crippen LogP contribution in [0.2, 0.25) is 0 Å². The molecule has 1 fully saturated rings. The third-order valence-electron chi connectivity index (χ3n) is 6.92. The number of anilines is 2. The molecule has 0 spiro atoms. The largest absolute Gasteiger partial charge is 0.480 e. The van der Waals surface area contributed by atoms with E-state index in [4.69, 9.17) is 9.72 Å². The van der Waals surface area contributed by atoms with E-state index in [-0.39, 0.29) is 0 Å². The molecule has 1 aliphatic carbocycles. The van der Waals surface area contributed by atoms with Gasteiger partial charge in [-0.1, -0.05) is 6.07 Å². The summed E-state index contributed by atoms with van der Waals surface area (Å²) >= 11 is 0. The minimum Gasteiger partial charge on any atom is -0.480 e. The van der Waals surface area contributed by atoms with Crippen LogP contribution in [0.25, 0.3) is 0 Å². The molecule has 0 aromatic carbocycles. The summed E-state index contributed by atoms with van der Waals surface area (Å²) in [6.07, 6.45) is 11.8. The molecule has 9 heteroatoms. The van der Waals surface area contributed by atoms with Gasteiger partial charge in [0.05, 0.1) is 6.61 Å². The molecule has 3 heterocycles. The predicted molar refractivity (Wildman–Crippen MR) is 141 cm³/mol. The average Bonchev–Trinajstić information content (AvgIpc) is 3.74. The molecule has 0 radical (unpaired) electrons. The van der Waals surface area contributed by atoms with Crippen molar-refractivity contribution >= 4 is 17.7 Å². The highest BCUT2D eigenvalue weighted by Gasteiger charge is 2.25. The number of rotatable bonds is 16. The predicted octanol–water partition coefficient (Wildman–Crippen LogP) is 3.72. The third-order valence-corrected chi connectivity index (χ3v) is 6.92. The molecule has 1 saturated carbocycles. The number of carboxylic acid groups (broad SMARTS) is 1. The maximum Gasteiger partial charge on any atom is 0.326 e. The molecule has 0 amide bonds. The molecular formula is C27H40N6O3. The van der Waals surface area contributed by atoms with E-state index in [0.717, 1.165) is 62.4 Å². The summed E-state index contributed by atoms with van der Waals surface area (Å²) in [7, 11) is 0. The summed E-state index contributed by atoms with van der Waals surface area (Å²) in [5.41, 5.74) is 3.58. The molecule has 9 nitrogen and oxygen atoms in total. The summed E-state index contributed by atoms with van der Waals surface area (Å²) in [6, 6.07) is 3.63. The lowest BCUT2D eigenvalue weighted by Gasteiger charge is -2.24. The Morgan fingerprint density at radius 3 is 2.81 bits per heavy atom. The van der Waals surface area contributed by atoms with Gasteiger partial charge < -0.3 is 25.4 Å². The summed E-state index contributed by atoms with van der Waals surface area (Å²) in [6.45, 7) is 6.66. The number of nitrogens with one attached hydrogen (secondary N) is 2. The van der Waals surface area contributed by atoms with Crippen molar-refractivity contribution in [3.8, 4) is 0 Å². The second-order valence-electron chi connectivity index (χ2n) is 9.77. The Balaban J connectivity index is 1.24. The van der Waals surface area contributed by atoms with Crippen LogP contribution in [0.15, 0.2) is 24.5 Å². The van der Waals surface area contributed by atoms with Crippen molar-refractivity contribution in [1.82, 2.24) is 19.9 Å². The minimum atomic E-state index is -0.887. The van der Waals surface area contributed by atoms with Crippen LogP contribution in [0, 0.1) is 0 Å². The molecular weight excluding hydrogens is 456 g/mol. The van der Waals surface area contributed by atoms with Gasteiger partial charge in [-0.05, 0) is 87.9 Å². The molecule has 1 aliphatic heterocycles. The fourth-order valence-corrected chi connectivity index (χ4v) is 4.59. The zero-order valence-corrected chi connectivity index (χ0v) is 21.4. The monoisotopic (exact) mass is 496 g/mol. The van der Waals surface area contributed by atoms with E-state index in [0.29, 0.717) is 38.0 Å². The number of aliphatic carboxylic acids is 1. The molecule has 0 bridgehead atoms. The van der Waals surface area contributed by atoms with Gasteiger partial charge in [-0.2, -0.15) is 0 Å². The lowest BCUT2D eigenvalue weighted by molar-refractivity contribution is -0.138. The summed E-state index contributed by atoms with van der Waals surface area (Å²) < 4.78 is 5.57. The van der Waals surface area contributed by atoms with Crippen LogP contribution in [-0.2, 0) is 22.4 Å². The van der Waals surface area contributed by atoms with Crippen molar-refractivity contribution in [1.29, 1.82) is 0 Å². The van der Waals surface area contributed by atoms with Gasteiger partial charge in [-0.15, -0.1) is 0 Å². The van der Waals surface area contributed by atoms with E-state index in [1.54, 1.807) is 0 Å². The van der Waals surface area contributed by atoms with Crippen LogP contribution >= 0.6 is 0 Å². The normalized spacial score (nSPS) is 15.8. The lowest BCUT2D eigenvalue weighted by atomic mass is 10.1. The molecule has 0 saturated heterocycles. The van der Waals surface area contributed by atoms with Crippen LogP contribution in [0.1, 0.15) is 68.2 Å². The number of hydrogen-bond acceptors (Lipinski definition) is 8. The maximum atomic E-state index is 11.9. The Hall–Kier alpha value is -2.78. The molecule has 1 atom stereocenters. The molecule has 0 unspecified atom stereocenters. The van der Waals surface area contributed by atoms with E-state index in [1.807, 2.05) is 19.3 Å². The van der Waals surface area contributed by atoms with Gasteiger partial charge in [-0.3, -0.25) is 0 Å². The highest BCUT2D eigenvalue weighted by molar-refractivity contribution is 5.76. The zero-order chi connectivity index (χ0) is 25.2. The van der Waals surface area contributed by atoms with Gasteiger partial charge in [-0.25, -0.2) is 19.7 Å². The van der Waals surface area contributed by atoms with Crippen LogP contribution in [0.5, 0.6) is 0 Å². The SMILES string of the molecule is CCOCCN(CCCCc1ccc2c(n1)NCCC2)CC[C@H](Nc1ncc(C2CC2)cn1)C(=O)O. The van der Waals surface area contributed by atoms with Crippen LogP contribution in [-0.4, -0.2) is 76.4 Å². The van der Waals surface area contributed by atoms with Crippen LogP contribution in [0.3, 0.4) is 0 Å². The van der Waals surface area contributed by atoms with Crippen LogP contribution < -0.4 is 10.6 Å². The standard InChI is InChI=1S/C27H40N6O3/c1-2-36-17-16-33(14-4-3-7-23-11-10-21-6-5-13-28-25(21)31-23)15-12-24(26(34)35)32-27-29-18-22(19-30-27)20-8-9-20/h10-11,18-20,24H,2-9,12-17H2,1H3,(H,28,31)(H,34,35)(H,29,30,32)/t24-/m0/s1. The Morgan fingerprint density at radius 1 is 1.22 bits per heavy atom. The van der Waals surface area contributed by atoms with Crippen molar-refractivity contribution in [2.75, 3.05) is 50.0 Å². The number of carbonyl (C=O) groups is 1. The number of aryl methyl sites for hydroxylation is 2.